The van der Waals surface area contributed by atoms with Crippen LogP contribution in [0.25, 0.3) is 0 Å². The summed E-state index contributed by atoms with van der Waals surface area (Å²) in [5, 5.41) is 4.15. The number of ether oxygens (including phenoxy) is 1. The van der Waals surface area contributed by atoms with E-state index in [1.54, 1.807) is 19.2 Å². The Hall–Kier alpha value is -1.97. The van der Waals surface area contributed by atoms with E-state index in [-0.39, 0.29) is 11.8 Å². The number of allylic oxidation sites excluding steroid dienone is 1. The number of fused-ring (bicyclic) bond motifs is 1. The third-order valence-corrected chi connectivity index (χ3v) is 5.59. The Morgan fingerprint density at radius 2 is 2.00 bits per heavy atom. The topological polar surface area (TPSA) is 38.3 Å². The molecule has 0 saturated carbocycles. The van der Waals surface area contributed by atoms with E-state index in [2.05, 4.69) is 11.9 Å². The molecule has 0 saturated heterocycles. The Morgan fingerprint density at radius 1 is 1.24 bits per heavy atom. The molecule has 3 nitrogen and oxygen atoms in total. The maximum atomic E-state index is 12.6. The molecule has 0 radical (unpaired) electrons. The van der Waals surface area contributed by atoms with Crippen LogP contribution in [0.3, 0.4) is 0 Å². The average molecular weight is 376 g/mol. The lowest BCUT2D eigenvalue weighted by Gasteiger charge is -2.35. The van der Waals surface area contributed by atoms with Gasteiger partial charge in [0.25, 0.3) is 5.91 Å². The molecule has 5 heteroatoms. The number of carbonyl (C=O) groups is 1. The number of hydrogen-bond donors (Lipinski definition) is 1. The van der Waals surface area contributed by atoms with E-state index in [1.807, 2.05) is 37.3 Å². The van der Waals surface area contributed by atoms with Gasteiger partial charge in [0.1, 0.15) is 5.75 Å². The quantitative estimate of drug-likeness (QED) is 0.718. The van der Waals surface area contributed by atoms with Gasteiger partial charge in [-0.3, -0.25) is 4.79 Å². The molecule has 0 aromatic heterocycles. The predicted molar refractivity (Wildman–Crippen MR) is 102 cm³/mol. The Labute approximate surface area is 157 Å². The van der Waals surface area contributed by atoms with Crippen molar-refractivity contribution in [2.75, 3.05) is 7.11 Å². The highest BCUT2D eigenvalue weighted by atomic mass is 35.5. The van der Waals surface area contributed by atoms with E-state index in [0.29, 0.717) is 27.8 Å². The minimum Gasteiger partial charge on any atom is -0.497 e. The van der Waals surface area contributed by atoms with Crippen LogP contribution in [-0.4, -0.2) is 13.0 Å². The summed E-state index contributed by atoms with van der Waals surface area (Å²) in [5.41, 5.74) is 2.00. The number of methoxy groups -OCH3 is 1. The molecule has 1 aliphatic heterocycles. The second-order valence-electron chi connectivity index (χ2n) is 6.32. The van der Waals surface area contributed by atoms with E-state index in [9.17, 15) is 4.79 Å². The van der Waals surface area contributed by atoms with Crippen LogP contribution >= 0.6 is 23.2 Å². The molecule has 130 valence electrons. The van der Waals surface area contributed by atoms with Gasteiger partial charge in [0.15, 0.2) is 0 Å². The predicted octanol–water partition coefficient (Wildman–Crippen LogP) is 5.32. The largest absolute Gasteiger partial charge is 0.497 e. The molecular weight excluding hydrogens is 357 g/mol. The van der Waals surface area contributed by atoms with Crippen LogP contribution in [0.5, 0.6) is 5.75 Å². The van der Waals surface area contributed by atoms with Gasteiger partial charge in [-0.05, 0) is 48.7 Å². The summed E-state index contributed by atoms with van der Waals surface area (Å²) in [5.74, 6) is 0.525. The highest BCUT2D eigenvalue weighted by Crippen LogP contribution is 2.45. The van der Waals surface area contributed by atoms with E-state index < -0.39 is 5.54 Å². The van der Waals surface area contributed by atoms with Crippen LogP contribution in [0.2, 0.25) is 10.0 Å². The van der Waals surface area contributed by atoms with Crippen LogP contribution in [-0.2, 0) is 5.54 Å². The zero-order valence-corrected chi connectivity index (χ0v) is 15.6. The van der Waals surface area contributed by atoms with Crippen molar-refractivity contribution in [1.82, 2.24) is 5.32 Å². The summed E-state index contributed by atoms with van der Waals surface area (Å²) in [6.45, 7) is 5.91. The molecule has 2 unspecified atom stereocenters. The van der Waals surface area contributed by atoms with Crippen molar-refractivity contribution in [2.45, 2.75) is 24.8 Å². The van der Waals surface area contributed by atoms with Crippen molar-refractivity contribution in [1.29, 1.82) is 0 Å². The highest BCUT2D eigenvalue weighted by molar-refractivity contribution is 6.42. The second kappa shape index (κ2) is 6.74. The zero-order chi connectivity index (χ0) is 18.2. The van der Waals surface area contributed by atoms with Crippen LogP contribution in [0, 0.1) is 0 Å². The fraction of sp³-hybridized carbons (Fsp3) is 0.250. The van der Waals surface area contributed by atoms with Gasteiger partial charge in [-0.2, -0.15) is 0 Å². The molecule has 2 aromatic carbocycles. The maximum absolute atomic E-state index is 12.6. The molecule has 0 spiro atoms. The van der Waals surface area contributed by atoms with Gasteiger partial charge in [-0.15, -0.1) is 6.58 Å². The Bertz CT molecular complexity index is 850. The SMILES string of the molecule is C=CCC(c1ccc(Cl)c(Cl)c1)C1(C)NC(=O)c2cc(OC)ccc21. The van der Waals surface area contributed by atoms with Gasteiger partial charge in [0.2, 0.25) is 0 Å². The lowest BCUT2D eigenvalue weighted by Crippen LogP contribution is -2.41. The van der Waals surface area contributed by atoms with E-state index in [1.165, 1.54) is 0 Å². The minimum atomic E-state index is -0.579. The van der Waals surface area contributed by atoms with Gasteiger partial charge in [0, 0.05) is 11.5 Å². The molecule has 0 bridgehead atoms. The maximum Gasteiger partial charge on any atom is 0.252 e. The first-order chi connectivity index (χ1) is 11.9. The summed E-state index contributed by atoms with van der Waals surface area (Å²) >= 11 is 12.3. The van der Waals surface area contributed by atoms with Gasteiger partial charge in [0.05, 0.1) is 22.7 Å². The molecule has 3 rings (SSSR count). The molecule has 0 aliphatic carbocycles. The number of hydrogen-bond acceptors (Lipinski definition) is 2. The van der Waals surface area contributed by atoms with Gasteiger partial charge >= 0.3 is 0 Å². The number of rotatable bonds is 5. The summed E-state index contributed by atoms with van der Waals surface area (Å²) < 4.78 is 5.25. The number of halogens is 2. The van der Waals surface area contributed by atoms with Crippen LogP contribution in [0.4, 0.5) is 0 Å². The molecule has 2 atom stereocenters. The Kier molecular flexibility index (Phi) is 4.81. The van der Waals surface area contributed by atoms with Crippen LogP contribution < -0.4 is 10.1 Å². The molecule has 1 N–H and O–H groups in total. The van der Waals surface area contributed by atoms with Gasteiger partial charge in [-0.25, -0.2) is 0 Å². The van der Waals surface area contributed by atoms with Crippen molar-refractivity contribution in [3.05, 3.63) is 75.8 Å². The first kappa shape index (κ1) is 17.8. The number of carbonyl (C=O) groups excluding carboxylic acids is 1. The Morgan fingerprint density at radius 3 is 2.64 bits per heavy atom. The molecule has 25 heavy (non-hydrogen) atoms. The lowest BCUT2D eigenvalue weighted by molar-refractivity contribution is 0.0924. The molecule has 2 aromatic rings. The summed E-state index contributed by atoms with van der Waals surface area (Å²) in [6, 6.07) is 11.2. The van der Waals surface area contributed by atoms with Crippen LogP contribution in [0.1, 0.15) is 40.7 Å². The van der Waals surface area contributed by atoms with Gasteiger partial charge in [-0.1, -0.05) is 41.4 Å². The molecule has 1 heterocycles. The Balaban J connectivity index is 2.12. The fourth-order valence-electron chi connectivity index (χ4n) is 3.54. The third-order valence-electron chi connectivity index (χ3n) is 4.85. The monoisotopic (exact) mass is 375 g/mol. The summed E-state index contributed by atoms with van der Waals surface area (Å²) in [7, 11) is 1.59. The summed E-state index contributed by atoms with van der Waals surface area (Å²) in [6.07, 6.45) is 2.53. The van der Waals surface area contributed by atoms with E-state index in [0.717, 1.165) is 11.1 Å². The van der Waals surface area contributed by atoms with Crippen molar-refractivity contribution in [3.8, 4) is 5.75 Å². The average Bonchev–Trinajstić information content (AvgIpc) is 2.86. The molecule has 1 aliphatic rings. The second-order valence-corrected chi connectivity index (χ2v) is 7.13. The first-order valence-corrected chi connectivity index (χ1v) is 8.73. The number of benzene rings is 2. The fourth-order valence-corrected chi connectivity index (χ4v) is 3.84. The third kappa shape index (κ3) is 3.03. The minimum absolute atomic E-state index is 0.0293. The normalized spacial score (nSPS) is 19.9. The van der Waals surface area contributed by atoms with Crippen molar-refractivity contribution in [2.24, 2.45) is 0 Å². The number of amides is 1. The van der Waals surface area contributed by atoms with Crippen molar-refractivity contribution < 1.29 is 9.53 Å². The molecule has 1 amide bonds. The van der Waals surface area contributed by atoms with Gasteiger partial charge < -0.3 is 10.1 Å². The molecular formula is C20H19Cl2NO2. The van der Waals surface area contributed by atoms with E-state index >= 15 is 0 Å². The number of nitrogens with one attached hydrogen (secondary N) is 1. The summed E-state index contributed by atoms with van der Waals surface area (Å²) in [4.78, 5) is 12.6. The first-order valence-electron chi connectivity index (χ1n) is 7.97. The zero-order valence-electron chi connectivity index (χ0n) is 14.1. The highest BCUT2D eigenvalue weighted by Gasteiger charge is 2.45. The van der Waals surface area contributed by atoms with Crippen molar-refractivity contribution >= 4 is 29.1 Å². The molecule has 0 fully saturated rings. The lowest BCUT2D eigenvalue weighted by atomic mass is 9.75. The smallest absolute Gasteiger partial charge is 0.252 e. The van der Waals surface area contributed by atoms with Crippen molar-refractivity contribution in [3.63, 3.8) is 0 Å². The standard InChI is InChI=1S/C20H19Cl2NO2/c1-4-5-15(12-6-9-17(21)18(22)10-12)20(2)16-8-7-13(25-3)11-14(16)19(24)23-20/h4,6-11,15H,1,5H2,2-3H3,(H,23,24). The van der Waals surface area contributed by atoms with E-state index in [4.69, 9.17) is 27.9 Å². The van der Waals surface area contributed by atoms with Crippen LogP contribution in [0.15, 0.2) is 49.1 Å².